The molecule has 4 rings (SSSR count). The second kappa shape index (κ2) is 9.93. The molecule has 0 unspecified atom stereocenters. The van der Waals surface area contributed by atoms with Crippen LogP contribution < -0.4 is 10.2 Å². The number of rotatable bonds is 7. The van der Waals surface area contributed by atoms with Gasteiger partial charge in [0.05, 0.1) is 17.3 Å². The molecule has 1 aliphatic heterocycles. The predicted octanol–water partition coefficient (Wildman–Crippen LogP) is 4.40. The van der Waals surface area contributed by atoms with E-state index in [2.05, 4.69) is 20.3 Å². The highest BCUT2D eigenvalue weighted by Gasteiger charge is 2.40. The van der Waals surface area contributed by atoms with Gasteiger partial charge in [-0.05, 0) is 44.0 Å². The molecule has 0 aliphatic carbocycles. The summed E-state index contributed by atoms with van der Waals surface area (Å²) >= 11 is 12.4. The summed E-state index contributed by atoms with van der Waals surface area (Å²) in [5, 5.41) is 20.4. The average Bonchev–Trinajstić information content (AvgIpc) is 3.27. The predicted molar refractivity (Wildman–Crippen MR) is 125 cm³/mol. The highest BCUT2D eigenvalue weighted by atomic mass is 35.5. The monoisotopic (exact) mass is 495 g/mol. The Morgan fingerprint density at radius 3 is 2.58 bits per heavy atom. The molecule has 2 heterocycles. The van der Waals surface area contributed by atoms with E-state index in [9.17, 15) is 13.9 Å². The number of benzene rings is 2. The minimum atomic E-state index is -1.68. The number of aromatic nitrogens is 3. The van der Waals surface area contributed by atoms with E-state index in [4.69, 9.17) is 23.2 Å². The molecule has 1 aliphatic rings. The Labute approximate surface area is 201 Å². The number of nitrogens with zero attached hydrogens (tertiary/aromatic N) is 4. The normalized spacial score (nSPS) is 17.7. The van der Waals surface area contributed by atoms with Crippen LogP contribution in [0.2, 0.25) is 10.0 Å². The van der Waals surface area contributed by atoms with Crippen molar-refractivity contribution in [3.05, 3.63) is 76.3 Å². The Morgan fingerprint density at radius 2 is 1.94 bits per heavy atom. The Morgan fingerprint density at radius 1 is 1.18 bits per heavy atom. The summed E-state index contributed by atoms with van der Waals surface area (Å²) < 4.78 is 29.7. The van der Waals surface area contributed by atoms with Crippen LogP contribution in [0, 0.1) is 11.6 Å². The van der Waals surface area contributed by atoms with Gasteiger partial charge in [-0.3, -0.25) is 0 Å². The van der Waals surface area contributed by atoms with Crippen LogP contribution in [0.25, 0.3) is 0 Å². The van der Waals surface area contributed by atoms with E-state index in [1.807, 2.05) is 12.1 Å². The maximum Gasteiger partial charge on any atom is 0.137 e. The van der Waals surface area contributed by atoms with Crippen LogP contribution in [-0.4, -0.2) is 45.0 Å². The number of hydrogen-bond donors (Lipinski definition) is 2. The fourth-order valence-corrected chi connectivity index (χ4v) is 4.90. The summed E-state index contributed by atoms with van der Waals surface area (Å²) in [7, 11) is 0. The zero-order chi connectivity index (χ0) is 23.6. The van der Waals surface area contributed by atoms with Crippen molar-refractivity contribution >= 4 is 28.9 Å². The molecule has 6 nitrogen and oxygen atoms in total. The van der Waals surface area contributed by atoms with Gasteiger partial charge in [0.15, 0.2) is 0 Å². The minimum Gasteiger partial charge on any atom is -0.381 e. The molecule has 10 heteroatoms. The van der Waals surface area contributed by atoms with E-state index in [1.165, 1.54) is 23.4 Å². The summed E-state index contributed by atoms with van der Waals surface area (Å²) in [4.78, 5) is 6.10. The molecule has 0 saturated carbocycles. The molecule has 3 aromatic rings. The lowest BCUT2D eigenvalue weighted by Crippen LogP contribution is -2.55. The van der Waals surface area contributed by atoms with Gasteiger partial charge in [-0.2, -0.15) is 5.10 Å². The van der Waals surface area contributed by atoms with Crippen LogP contribution in [-0.2, 0) is 12.1 Å². The smallest absolute Gasteiger partial charge is 0.137 e. The lowest BCUT2D eigenvalue weighted by molar-refractivity contribution is -0.0242. The largest absolute Gasteiger partial charge is 0.381 e. The maximum atomic E-state index is 14.7. The molecular formula is C23H25Cl2F2N5O. The zero-order valence-corrected chi connectivity index (χ0v) is 19.6. The van der Waals surface area contributed by atoms with E-state index >= 15 is 0 Å². The van der Waals surface area contributed by atoms with Gasteiger partial charge in [-0.15, -0.1) is 0 Å². The lowest BCUT2D eigenvalue weighted by Gasteiger charge is -2.40. The molecule has 0 bridgehead atoms. The molecule has 2 aromatic carbocycles. The van der Waals surface area contributed by atoms with Crippen molar-refractivity contribution in [2.45, 2.75) is 44.0 Å². The SMILES string of the molecule is C[C@@H](NC1CCN(c2ccc(Cl)cc2Cl)CC1)[C@](O)(Cn1cncn1)c1ccc(F)cc1F. The number of hydrogen-bond acceptors (Lipinski definition) is 5. The van der Waals surface area contributed by atoms with Gasteiger partial charge >= 0.3 is 0 Å². The summed E-state index contributed by atoms with van der Waals surface area (Å²) in [5.74, 6) is -1.51. The summed E-state index contributed by atoms with van der Waals surface area (Å²) in [6, 6.07) is 8.20. The maximum absolute atomic E-state index is 14.7. The number of nitrogens with one attached hydrogen (secondary N) is 1. The Kier molecular flexibility index (Phi) is 7.19. The van der Waals surface area contributed by atoms with Gasteiger partial charge in [0, 0.05) is 41.8 Å². The Hall–Kier alpha value is -2.26. The first kappa shape index (κ1) is 23.9. The number of piperidine rings is 1. The Bertz CT molecular complexity index is 1090. The fraction of sp³-hybridized carbons (Fsp3) is 0.391. The summed E-state index contributed by atoms with van der Waals surface area (Å²) in [5.41, 5.74) is -0.740. The molecule has 1 fully saturated rings. The van der Waals surface area contributed by atoms with Crippen molar-refractivity contribution in [1.82, 2.24) is 20.1 Å². The molecule has 2 N–H and O–H groups in total. The quantitative estimate of drug-likeness (QED) is 0.508. The van der Waals surface area contributed by atoms with Gasteiger partial charge in [-0.25, -0.2) is 18.4 Å². The third-order valence-electron chi connectivity index (χ3n) is 6.21. The molecule has 176 valence electrons. The standard InChI is InChI=1S/C23H25Cl2F2N5O/c1-15(30-18-6-8-31(9-7-18)22-5-2-16(24)10-20(22)25)23(33,12-32-14-28-13-29-32)19-4-3-17(26)11-21(19)27/h2-5,10-11,13-15,18,30,33H,6-9,12H2,1H3/t15-,23-/m1/s1. The van der Waals surface area contributed by atoms with Crippen LogP contribution in [0.5, 0.6) is 0 Å². The first-order chi connectivity index (χ1) is 15.8. The molecule has 0 amide bonds. The third-order valence-corrected chi connectivity index (χ3v) is 6.75. The molecule has 33 heavy (non-hydrogen) atoms. The third kappa shape index (κ3) is 5.30. The first-order valence-corrected chi connectivity index (χ1v) is 11.5. The molecule has 1 aromatic heterocycles. The highest BCUT2D eigenvalue weighted by molar-refractivity contribution is 6.36. The van der Waals surface area contributed by atoms with Crippen molar-refractivity contribution in [1.29, 1.82) is 0 Å². The Balaban J connectivity index is 1.49. The summed E-state index contributed by atoms with van der Waals surface area (Å²) in [6.45, 7) is 3.28. The van der Waals surface area contributed by atoms with Gasteiger partial charge in [0.25, 0.3) is 0 Å². The average molecular weight is 496 g/mol. The first-order valence-electron chi connectivity index (χ1n) is 10.7. The van der Waals surface area contributed by atoms with Crippen LogP contribution >= 0.6 is 23.2 Å². The van der Waals surface area contributed by atoms with Gasteiger partial charge in [0.2, 0.25) is 0 Å². The zero-order valence-electron chi connectivity index (χ0n) is 18.1. The van der Waals surface area contributed by atoms with Crippen molar-refractivity contribution in [3.8, 4) is 0 Å². The summed E-state index contributed by atoms with van der Waals surface area (Å²) in [6.07, 6.45) is 4.40. The van der Waals surface area contributed by atoms with E-state index in [0.717, 1.165) is 43.8 Å². The van der Waals surface area contributed by atoms with Gasteiger partial charge in [0.1, 0.15) is 29.9 Å². The highest BCUT2D eigenvalue weighted by Crippen LogP contribution is 2.33. The molecule has 0 radical (unpaired) electrons. The van der Waals surface area contributed by atoms with E-state index in [0.29, 0.717) is 10.0 Å². The van der Waals surface area contributed by atoms with Gasteiger partial charge < -0.3 is 15.3 Å². The topological polar surface area (TPSA) is 66.2 Å². The number of anilines is 1. The lowest BCUT2D eigenvalue weighted by atomic mass is 9.85. The second-order valence-electron chi connectivity index (χ2n) is 8.39. The van der Waals surface area contributed by atoms with Crippen LogP contribution in [0.1, 0.15) is 25.3 Å². The molecular weight excluding hydrogens is 471 g/mol. The van der Waals surface area contributed by atoms with Gasteiger partial charge in [-0.1, -0.05) is 29.3 Å². The van der Waals surface area contributed by atoms with E-state index in [-0.39, 0.29) is 18.2 Å². The fourth-order valence-electron chi connectivity index (χ4n) is 4.37. The number of aliphatic hydroxyl groups is 1. The van der Waals surface area contributed by atoms with Crippen molar-refractivity contribution in [2.24, 2.45) is 0 Å². The number of halogens is 4. The second-order valence-corrected chi connectivity index (χ2v) is 9.23. The van der Waals surface area contributed by atoms with E-state index < -0.39 is 23.3 Å². The van der Waals surface area contributed by atoms with Crippen molar-refractivity contribution in [3.63, 3.8) is 0 Å². The van der Waals surface area contributed by atoms with E-state index in [1.54, 1.807) is 13.0 Å². The van der Waals surface area contributed by atoms with Crippen molar-refractivity contribution < 1.29 is 13.9 Å². The van der Waals surface area contributed by atoms with Crippen LogP contribution in [0.15, 0.2) is 49.1 Å². The van der Waals surface area contributed by atoms with Crippen LogP contribution in [0.3, 0.4) is 0 Å². The van der Waals surface area contributed by atoms with Crippen molar-refractivity contribution in [2.75, 3.05) is 18.0 Å². The minimum absolute atomic E-state index is 0.00443. The molecule has 1 saturated heterocycles. The van der Waals surface area contributed by atoms with Crippen LogP contribution in [0.4, 0.5) is 14.5 Å². The molecule has 2 atom stereocenters. The molecule has 0 spiro atoms.